The lowest BCUT2D eigenvalue weighted by Crippen LogP contribution is -2.04. The number of hydrogen-bond donors (Lipinski definition) is 0. The lowest BCUT2D eigenvalue weighted by atomic mass is 10.2. The van der Waals surface area contributed by atoms with Crippen molar-refractivity contribution in [1.29, 1.82) is 0 Å². The number of halogens is 2. The summed E-state index contributed by atoms with van der Waals surface area (Å²) in [5.41, 5.74) is 0.346. The van der Waals surface area contributed by atoms with Crippen LogP contribution in [-0.2, 0) is 0 Å². The van der Waals surface area contributed by atoms with Gasteiger partial charge in [0.25, 0.3) is 0 Å². The molecule has 15 heavy (non-hydrogen) atoms. The van der Waals surface area contributed by atoms with Gasteiger partial charge < -0.3 is 4.90 Å². The van der Waals surface area contributed by atoms with E-state index in [2.05, 4.69) is 4.98 Å². The van der Waals surface area contributed by atoms with Crippen molar-refractivity contribution in [2.75, 3.05) is 14.1 Å². The zero-order valence-electron chi connectivity index (χ0n) is 8.37. The largest absolute Gasteiger partial charge is 0.383 e. The quantitative estimate of drug-likeness (QED) is 0.466. The Hall–Kier alpha value is -1.06. The summed E-state index contributed by atoms with van der Waals surface area (Å²) in [5.74, 6) is -0.196. The molecule has 1 aromatic rings. The number of ketones is 1. The summed E-state index contributed by atoms with van der Waals surface area (Å²) < 4.78 is 0. The maximum absolute atomic E-state index is 11.6. The molecule has 1 rings (SSSR count). The molecule has 0 aromatic carbocycles. The smallest absolute Gasteiger partial charge is 0.190 e. The lowest BCUT2D eigenvalue weighted by molar-refractivity contribution is 0.104. The number of hydrogen-bond acceptors (Lipinski definition) is 3. The molecule has 80 valence electrons. The fourth-order valence-corrected chi connectivity index (χ4v) is 1.34. The maximum Gasteiger partial charge on any atom is 0.190 e. The van der Waals surface area contributed by atoms with Gasteiger partial charge in [-0.2, -0.15) is 0 Å². The molecular formula is C10H10Cl2N2O. The third kappa shape index (κ3) is 3.53. The highest BCUT2D eigenvalue weighted by Crippen LogP contribution is 2.17. The molecule has 0 saturated heterocycles. The Morgan fingerprint density at radius 3 is 2.60 bits per heavy atom. The van der Waals surface area contributed by atoms with Crippen molar-refractivity contribution in [3.05, 3.63) is 40.3 Å². The molecule has 1 heterocycles. The molecule has 0 atom stereocenters. The molecule has 0 unspecified atom stereocenters. The van der Waals surface area contributed by atoms with Gasteiger partial charge in [0.1, 0.15) is 10.3 Å². The molecule has 1 aromatic heterocycles. The van der Waals surface area contributed by atoms with E-state index in [1.54, 1.807) is 17.2 Å². The number of rotatable bonds is 3. The Bertz CT molecular complexity index is 402. The highest BCUT2D eigenvalue weighted by Gasteiger charge is 2.08. The predicted octanol–water partition coefficient (Wildman–Crippen LogP) is 2.65. The summed E-state index contributed by atoms with van der Waals surface area (Å²) in [5, 5.41) is 0.393. The minimum absolute atomic E-state index is 0.121. The summed E-state index contributed by atoms with van der Waals surface area (Å²) in [6.45, 7) is 0. The van der Waals surface area contributed by atoms with Crippen LogP contribution < -0.4 is 0 Å². The van der Waals surface area contributed by atoms with Crippen LogP contribution in [0.5, 0.6) is 0 Å². The Kier molecular flexibility index (Phi) is 4.12. The standard InChI is InChI=1S/C10H10Cl2N2O/c1-14(2)6-5-8(15)7-3-4-9(11)13-10(7)12/h3-6H,1-2H3. The Balaban J connectivity index is 2.92. The third-order valence-electron chi connectivity index (χ3n) is 1.60. The molecular weight excluding hydrogens is 235 g/mol. The van der Waals surface area contributed by atoms with E-state index in [1.165, 1.54) is 12.1 Å². The average Bonchev–Trinajstić information content (AvgIpc) is 2.14. The van der Waals surface area contributed by atoms with Crippen molar-refractivity contribution in [3.63, 3.8) is 0 Å². The normalized spacial score (nSPS) is 10.7. The molecule has 0 N–H and O–H groups in total. The average molecular weight is 245 g/mol. The Labute approximate surface area is 98.3 Å². The third-order valence-corrected chi connectivity index (χ3v) is 2.10. The fraction of sp³-hybridized carbons (Fsp3) is 0.200. The van der Waals surface area contributed by atoms with Gasteiger partial charge in [0, 0.05) is 26.4 Å². The van der Waals surface area contributed by atoms with Crippen molar-refractivity contribution >= 4 is 29.0 Å². The summed E-state index contributed by atoms with van der Waals surface area (Å²) in [6.07, 6.45) is 3.07. The van der Waals surface area contributed by atoms with Crippen molar-refractivity contribution in [2.45, 2.75) is 0 Å². The van der Waals surface area contributed by atoms with E-state index in [0.29, 0.717) is 5.56 Å². The second kappa shape index (κ2) is 5.14. The Morgan fingerprint density at radius 2 is 2.07 bits per heavy atom. The van der Waals surface area contributed by atoms with Gasteiger partial charge in [0.15, 0.2) is 5.78 Å². The van der Waals surface area contributed by atoms with Gasteiger partial charge in [-0.1, -0.05) is 23.2 Å². The number of carbonyl (C=O) groups is 1. The minimum atomic E-state index is -0.196. The van der Waals surface area contributed by atoms with Crippen LogP contribution in [0.2, 0.25) is 10.3 Å². The van der Waals surface area contributed by atoms with E-state index < -0.39 is 0 Å². The lowest BCUT2D eigenvalue weighted by Gasteiger charge is -2.03. The van der Waals surface area contributed by atoms with Crippen LogP contribution in [-0.4, -0.2) is 29.8 Å². The SMILES string of the molecule is CN(C)C=CC(=O)c1ccc(Cl)nc1Cl. The molecule has 3 nitrogen and oxygen atoms in total. The monoisotopic (exact) mass is 244 g/mol. The molecule has 0 aliphatic carbocycles. The van der Waals surface area contributed by atoms with E-state index in [9.17, 15) is 4.79 Å². The molecule has 5 heteroatoms. The van der Waals surface area contributed by atoms with Gasteiger partial charge in [-0.25, -0.2) is 4.98 Å². The van der Waals surface area contributed by atoms with Crippen LogP contribution in [0.3, 0.4) is 0 Å². The molecule has 0 amide bonds. The first-order chi connectivity index (χ1) is 7.00. The van der Waals surface area contributed by atoms with Crippen LogP contribution >= 0.6 is 23.2 Å². The topological polar surface area (TPSA) is 33.2 Å². The van der Waals surface area contributed by atoms with Crippen molar-refractivity contribution in [2.24, 2.45) is 0 Å². The molecule has 0 bridgehead atoms. The number of pyridine rings is 1. The zero-order chi connectivity index (χ0) is 11.4. The van der Waals surface area contributed by atoms with Crippen LogP contribution in [0.15, 0.2) is 24.4 Å². The van der Waals surface area contributed by atoms with E-state index in [1.807, 2.05) is 14.1 Å². The van der Waals surface area contributed by atoms with E-state index in [4.69, 9.17) is 23.2 Å². The Morgan fingerprint density at radius 1 is 1.40 bits per heavy atom. The first kappa shape index (κ1) is 12.0. The van der Waals surface area contributed by atoms with E-state index in [0.717, 1.165) is 0 Å². The van der Waals surface area contributed by atoms with E-state index >= 15 is 0 Å². The molecule has 0 aliphatic rings. The van der Waals surface area contributed by atoms with Crippen LogP contribution in [0, 0.1) is 0 Å². The maximum atomic E-state index is 11.6. The first-order valence-corrected chi connectivity index (χ1v) is 4.97. The van der Waals surface area contributed by atoms with E-state index in [-0.39, 0.29) is 16.1 Å². The second-order valence-corrected chi connectivity index (χ2v) is 3.86. The second-order valence-electron chi connectivity index (χ2n) is 3.12. The summed E-state index contributed by atoms with van der Waals surface area (Å²) in [6, 6.07) is 3.09. The van der Waals surface area contributed by atoms with Gasteiger partial charge in [0.05, 0.1) is 5.56 Å². The van der Waals surface area contributed by atoms with Gasteiger partial charge in [0.2, 0.25) is 0 Å². The molecule has 0 spiro atoms. The number of allylic oxidation sites excluding steroid dienone is 1. The molecule has 0 radical (unpaired) electrons. The fourth-order valence-electron chi connectivity index (χ4n) is 0.902. The molecule has 0 aliphatic heterocycles. The molecule has 0 saturated carbocycles. The van der Waals surface area contributed by atoms with Gasteiger partial charge in [-0.3, -0.25) is 4.79 Å². The first-order valence-electron chi connectivity index (χ1n) is 4.21. The van der Waals surface area contributed by atoms with Crippen molar-refractivity contribution in [3.8, 4) is 0 Å². The summed E-state index contributed by atoms with van der Waals surface area (Å²) in [7, 11) is 3.65. The van der Waals surface area contributed by atoms with Gasteiger partial charge in [-0.05, 0) is 12.1 Å². The van der Waals surface area contributed by atoms with Crippen LogP contribution in [0.25, 0.3) is 0 Å². The van der Waals surface area contributed by atoms with Crippen molar-refractivity contribution < 1.29 is 4.79 Å². The summed E-state index contributed by atoms with van der Waals surface area (Å²) >= 11 is 11.4. The predicted molar refractivity (Wildman–Crippen MR) is 61.4 cm³/mol. The zero-order valence-corrected chi connectivity index (χ0v) is 9.88. The number of nitrogens with zero attached hydrogens (tertiary/aromatic N) is 2. The highest BCUT2D eigenvalue weighted by molar-refractivity contribution is 6.35. The number of carbonyl (C=O) groups excluding carboxylic acids is 1. The minimum Gasteiger partial charge on any atom is -0.383 e. The van der Waals surface area contributed by atoms with Gasteiger partial charge in [-0.15, -0.1) is 0 Å². The van der Waals surface area contributed by atoms with Crippen molar-refractivity contribution in [1.82, 2.24) is 9.88 Å². The number of aromatic nitrogens is 1. The summed E-state index contributed by atoms with van der Waals surface area (Å²) in [4.78, 5) is 17.1. The highest BCUT2D eigenvalue weighted by atomic mass is 35.5. The van der Waals surface area contributed by atoms with Crippen LogP contribution in [0.1, 0.15) is 10.4 Å². The molecule has 0 fully saturated rings. The van der Waals surface area contributed by atoms with Crippen LogP contribution in [0.4, 0.5) is 0 Å². The van der Waals surface area contributed by atoms with Gasteiger partial charge >= 0.3 is 0 Å².